The first-order valence-electron chi connectivity index (χ1n) is 19.5. The summed E-state index contributed by atoms with van der Waals surface area (Å²) >= 11 is 6.20. The number of hydrogen-bond acceptors (Lipinski definition) is 10. The number of ether oxygens (including phenoxy) is 3. The number of fused-ring (bicyclic) bond motifs is 8. The molecule has 0 fully saturated rings. The number of carbonyl (C=O) groups is 4. The summed E-state index contributed by atoms with van der Waals surface area (Å²) in [4.78, 5) is 71.9. The number of cyclic esters (lactones) is 1. The Morgan fingerprint density at radius 3 is 2.42 bits per heavy atom. The summed E-state index contributed by atoms with van der Waals surface area (Å²) in [5, 5.41) is 17.1. The normalized spacial score (nSPS) is 17.1. The van der Waals surface area contributed by atoms with Crippen LogP contribution in [0.3, 0.4) is 0 Å². The second kappa shape index (κ2) is 15.8. The van der Waals surface area contributed by atoms with Crippen molar-refractivity contribution < 1.29 is 42.9 Å². The van der Waals surface area contributed by atoms with E-state index >= 15 is 0 Å². The highest BCUT2D eigenvalue weighted by Gasteiger charge is 2.45. The number of nitrogens with zero attached hydrogens (tertiary/aromatic N) is 3. The van der Waals surface area contributed by atoms with Gasteiger partial charge in [-0.2, -0.15) is 0 Å². The molecule has 16 heteroatoms. The van der Waals surface area contributed by atoms with Crippen LogP contribution in [0.1, 0.15) is 73.1 Å². The van der Waals surface area contributed by atoms with Gasteiger partial charge in [0.1, 0.15) is 25.2 Å². The molecule has 3 aliphatic rings. The van der Waals surface area contributed by atoms with Gasteiger partial charge in [-0.1, -0.05) is 67.1 Å². The highest BCUT2D eigenvalue weighted by molar-refractivity contribution is 6.31. The summed E-state index contributed by atoms with van der Waals surface area (Å²) in [6.07, 6.45) is -2.07. The lowest BCUT2D eigenvalue weighted by Gasteiger charge is -2.31. The number of hydrogen-bond donors (Lipinski definition) is 3. The van der Waals surface area contributed by atoms with Gasteiger partial charge in [-0.15, -0.1) is 0 Å². The van der Waals surface area contributed by atoms with Gasteiger partial charge in [-0.3, -0.25) is 19.3 Å². The molecule has 3 aromatic carbocycles. The zero-order valence-corrected chi connectivity index (χ0v) is 33.9. The fourth-order valence-electron chi connectivity index (χ4n) is 8.10. The molecule has 0 saturated heterocycles. The SMILES string of the molecule is CC[C@@]1(O)C(=O)OCc2c1cc1n(c2=O)Cc2c-1nc1cc(F)c(Cl)cc1c2CNC(=O)C[C@@H](C)OCNC(=O)[C@H](C)N(C)C(=O)OC1c2ccccc2-c2ccccc21. The Kier molecular flexibility index (Phi) is 10.7. The van der Waals surface area contributed by atoms with Gasteiger partial charge in [0.2, 0.25) is 11.8 Å². The first-order chi connectivity index (χ1) is 28.7. The summed E-state index contributed by atoms with van der Waals surface area (Å²) in [6, 6.07) is 18.6. The van der Waals surface area contributed by atoms with E-state index in [9.17, 15) is 33.5 Å². The van der Waals surface area contributed by atoms with Crippen LogP contribution in [0, 0.1) is 5.82 Å². The van der Waals surface area contributed by atoms with Crippen LogP contribution >= 0.6 is 11.6 Å². The van der Waals surface area contributed by atoms with E-state index in [1.165, 1.54) is 28.6 Å². The summed E-state index contributed by atoms with van der Waals surface area (Å²) in [5.74, 6) is -2.47. The Morgan fingerprint density at radius 1 is 1.05 bits per heavy atom. The molecular weight excluding hydrogens is 797 g/mol. The third kappa shape index (κ3) is 6.95. The zero-order chi connectivity index (χ0) is 42.6. The van der Waals surface area contributed by atoms with Crippen LogP contribution in [-0.4, -0.2) is 69.4 Å². The van der Waals surface area contributed by atoms with Crippen molar-refractivity contribution in [2.75, 3.05) is 13.8 Å². The lowest BCUT2D eigenvalue weighted by molar-refractivity contribution is -0.172. The summed E-state index contributed by atoms with van der Waals surface area (Å²) < 4.78 is 33.0. The Balaban J connectivity index is 0.899. The molecule has 14 nitrogen and oxygen atoms in total. The molecular formula is C44H41ClFN5O9. The minimum Gasteiger partial charge on any atom is -0.458 e. The quantitative estimate of drug-likeness (QED) is 0.110. The molecule has 2 aromatic heterocycles. The number of carbonyl (C=O) groups excluding carboxylic acids is 4. The van der Waals surface area contributed by atoms with E-state index in [2.05, 4.69) is 15.6 Å². The minimum atomic E-state index is -2.03. The van der Waals surface area contributed by atoms with Crippen LogP contribution in [0.5, 0.6) is 0 Å². The molecule has 0 saturated carbocycles. The summed E-state index contributed by atoms with van der Waals surface area (Å²) in [7, 11) is 1.48. The zero-order valence-electron chi connectivity index (χ0n) is 33.1. The fourth-order valence-corrected chi connectivity index (χ4v) is 8.26. The van der Waals surface area contributed by atoms with E-state index in [0.717, 1.165) is 22.3 Å². The molecule has 3 atom stereocenters. The Hall–Kier alpha value is -6.16. The van der Waals surface area contributed by atoms with Crippen LogP contribution < -0.4 is 16.2 Å². The van der Waals surface area contributed by atoms with E-state index in [1.54, 1.807) is 26.8 Å². The molecule has 0 spiro atoms. The highest BCUT2D eigenvalue weighted by atomic mass is 35.5. The first kappa shape index (κ1) is 40.6. The van der Waals surface area contributed by atoms with Gasteiger partial charge in [0.25, 0.3) is 5.56 Å². The number of pyridine rings is 2. The van der Waals surface area contributed by atoms with E-state index in [1.807, 2.05) is 48.5 Å². The van der Waals surface area contributed by atoms with Gasteiger partial charge in [-0.25, -0.2) is 19.0 Å². The van der Waals surface area contributed by atoms with Crippen molar-refractivity contribution in [1.82, 2.24) is 25.1 Å². The van der Waals surface area contributed by atoms with Crippen molar-refractivity contribution in [1.29, 1.82) is 0 Å². The van der Waals surface area contributed by atoms with Gasteiger partial charge < -0.3 is 34.5 Å². The maximum absolute atomic E-state index is 14.8. The van der Waals surface area contributed by atoms with Gasteiger partial charge in [0.05, 0.1) is 46.6 Å². The van der Waals surface area contributed by atoms with Crippen LogP contribution in [-0.2, 0) is 53.9 Å². The average Bonchev–Trinajstić information content (AvgIpc) is 3.76. The molecule has 0 unspecified atom stereocenters. The maximum atomic E-state index is 14.8. The Labute approximate surface area is 348 Å². The first-order valence-corrected chi connectivity index (χ1v) is 19.8. The van der Waals surface area contributed by atoms with Crippen LogP contribution in [0.25, 0.3) is 33.4 Å². The molecule has 0 bridgehead atoms. The number of rotatable bonds is 11. The van der Waals surface area contributed by atoms with Crippen molar-refractivity contribution in [2.24, 2.45) is 0 Å². The second-order valence-corrected chi connectivity index (χ2v) is 15.6. The smallest absolute Gasteiger partial charge is 0.411 e. The lowest BCUT2D eigenvalue weighted by atomic mass is 9.86. The number of aromatic nitrogens is 2. The van der Waals surface area contributed by atoms with E-state index in [4.69, 9.17) is 25.8 Å². The predicted octanol–water partition coefficient (Wildman–Crippen LogP) is 5.58. The van der Waals surface area contributed by atoms with Gasteiger partial charge in [0.15, 0.2) is 11.7 Å². The Morgan fingerprint density at radius 2 is 1.73 bits per heavy atom. The standard InChI is InChI=1S/C44H41ClFN5O9/c1-5-44(57)32-16-36-38-30(19-51(36)41(54)31(32)20-58-42(44)55)29(28-15-33(45)34(46)17-35(28)49-38)18-47-37(52)14-22(2)59-21-48-40(53)23(3)50(4)43(56)60-39-26-12-8-6-10-24(26)25-11-7-9-13-27(25)39/h6-13,15-17,22-23,39,57H,5,14,18-21H2,1-4H3,(H,47,52)(H,48,53)/t22-,23+,44+/m1/s1. The van der Waals surface area contributed by atoms with Crippen molar-refractivity contribution in [2.45, 2.75) is 77.2 Å². The second-order valence-electron chi connectivity index (χ2n) is 15.2. The number of amides is 3. The van der Waals surface area contributed by atoms with Gasteiger partial charge >= 0.3 is 12.1 Å². The molecule has 3 amide bonds. The van der Waals surface area contributed by atoms with Gasteiger partial charge in [-0.05, 0) is 49.1 Å². The highest BCUT2D eigenvalue weighted by Crippen LogP contribution is 2.45. The molecule has 1 aliphatic carbocycles. The molecule has 310 valence electrons. The third-order valence-electron chi connectivity index (χ3n) is 11.6. The van der Waals surface area contributed by atoms with E-state index in [-0.39, 0.29) is 60.9 Å². The van der Waals surface area contributed by atoms with E-state index in [0.29, 0.717) is 27.9 Å². The summed E-state index contributed by atoms with van der Waals surface area (Å²) in [5.41, 5.74) is 3.49. The van der Waals surface area contributed by atoms with Crippen LogP contribution in [0.15, 0.2) is 71.5 Å². The molecule has 2 aliphatic heterocycles. The molecule has 8 rings (SSSR count). The van der Waals surface area contributed by atoms with Gasteiger partial charge in [0, 0.05) is 47.3 Å². The molecule has 5 aromatic rings. The number of esters is 1. The van der Waals surface area contributed by atoms with Crippen LogP contribution in [0.2, 0.25) is 5.02 Å². The predicted molar refractivity (Wildman–Crippen MR) is 217 cm³/mol. The van der Waals surface area contributed by atoms with E-state index < -0.39 is 59.1 Å². The monoisotopic (exact) mass is 837 g/mol. The summed E-state index contributed by atoms with van der Waals surface area (Å²) in [6.45, 7) is 4.29. The van der Waals surface area contributed by atoms with Crippen molar-refractivity contribution in [3.05, 3.63) is 121 Å². The molecule has 3 N–H and O–H groups in total. The number of likely N-dealkylation sites (N-methyl/N-ethyl adjacent to an activating group) is 1. The largest absolute Gasteiger partial charge is 0.458 e. The molecule has 0 radical (unpaired) electrons. The fraction of sp³-hybridized carbons (Fsp3) is 0.318. The lowest BCUT2D eigenvalue weighted by Crippen LogP contribution is -2.47. The number of nitrogens with one attached hydrogen (secondary N) is 2. The van der Waals surface area contributed by atoms with Crippen molar-refractivity contribution >= 4 is 46.4 Å². The van der Waals surface area contributed by atoms with Crippen molar-refractivity contribution in [3.8, 4) is 22.5 Å². The van der Waals surface area contributed by atoms with Crippen LogP contribution in [0.4, 0.5) is 9.18 Å². The molecule has 4 heterocycles. The number of halogens is 2. The average molecular weight is 838 g/mol. The minimum absolute atomic E-state index is 0.0329. The van der Waals surface area contributed by atoms with Crippen molar-refractivity contribution in [3.63, 3.8) is 0 Å². The number of benzene rings is 3. The topological polar surface area (TPSA) is 178 Å². The number of aliphatic hydroxyl groups is 1. The third-order valence-corrected chi connectivity index (χ3v) is 11.9. The Bertz CT molecular complexity index is 2640. The molecule has 60 heavy (non-hydrogen) atoms. The maximum Gasteiger partial charge on any atom is 0.411 e.